The van der Waals surface area contributed by atoms with Crippen molar-refractivity contribution in [2.45, 2.75) is 60.3 Å². The number of ether oxygens (including phenoxy) is 1. The van der Waals surface area contributed by atoms with Crippen LogP contribution in [-0.2, 0) is 14.3 Å². The Morgan fingerprint density at radius 2 is 1.85 bits per heavy atom. The second-order valence-corrected chi connectivity index (χ2v) is 8.94. The standard InChI is InChI=1S/C21H24O3S.C2H6/c1-11-6-14-8-12(2)19(15(7-11)9-14)20-16(4-5-25-20)13(3)17-10-18(22)24-21(17)23;1-2/h4-5,10-12,14-15H,6-9H2,1-3H3;1-2H3/b16-13-,20-19-;. The second-order valence-electron chi connectivity index (χ2n) is 8.02. The normalized spacial score (nSPS) is 33.0. The first-order valence-corrected chi connectivity index (χ1v) is 11.1. The van der Waals surface area contributed by atoms with E-state index in [0.717, 1.165) is 22.6 Å². The van der Waals surface area contributed by atoms with Crippen LogP contribution >= 0.6 is 11.3 Å². The van der Waals surface area contributed by atoms with E-state index >= 15 is 0 Å². The molecule has 2 aliphatic carbocycles. The Kier molecular flexibility index (Phi) is 6.05. The molecule has 3 nitrogen and oxygen atoms in total. The SMILES string of the molecule is C/C(C1=CC(=O)OC1=O)=c1\ccs\c1=C1\C(C)CC2CC(C)CC1C2.CC. The Labute approximate surface area is 165 Å². The van der Waals surface area contributed by atoms with Gasteiger partial charge >= 0.3 is 11.9 Å². The van der Waals surface area contributed by atoms with Crippen molar-refractivity contribution in [2.24, 2.45) is 23.7 Å². The minimum absolute atomic E-state index is 0.406. The summed E-state index contributed by atoms with van der Waals surface area (Å²) in [5, 5.41) is 3.20. The van der Waals surface area contributed by atoms with Crippen LogP contribution in [0.15, 0.2) is 23.1 Å². The van der Waals surface area contributed by atoms with Gasteiger partial charge in [-0.2, -0.15) is 0 Å². The van der Waals surface area contributed by atoms with Crippen LogP contribution in [0.5, 0.6) is 0 Å². The number of fused-ring (bicyclic) bond motifs is 2. The molecule has 1 aromatic heterocycles. The van der Waals surface area contributed by atoms with Crippen LogP contribution in [0.3, 0.4) is 0 Å². The van der Waals surface area contributed by atoms with Gasteiger partial charge in [0.15, 0.2) is 0 Å². The fourth-order valence-corrected chi connectivity index (χ4v) is 6.41. The number of rotatable bonds is 1. The number of thiophene rings is 1. The molecule has 3 aliphatic rings. The lowest BCUT2D eigenvalue weighted by Gasteiger charge is -2.42. The third kappa shape index (κ3) is 3.82. The lowest BCUT2D eigenvalue weighted by Crippen LogP contribution is -2.37. The maximum Gasteiger partial charge on any atom is 0.346 e. The summed E-state index contributed by atoms with van der Waals surface area (Å²) >= 11 is 1.77. The van der Waals surface area contributed by atoms with E-state index in [4.69, 9.17) is 0 Å². The molecule has 0 radical (unpaired) electrons. The molecule has 1 aromatic rings. The maximum absolute atomic E-state index is 12.0. The molecule has 0 N–H and O–H groups in total. The van der Waals surface area contributed by atoms with E-state index in [1.54, 1.807) is 16.9 Å². The number of carbonyl (C=O) groups excluding carboxylic acids is 2. The molecule has 0 spiro atoms. The first kappa shape index (κ1) is 20.1. The van der Waals surface area contributed by atoms with Crippen LogP contribution < -0.4 is 9.75 Å². The Morgan fingerprint density at radius 3 is 2.52 bits per heavy atom. The average molecular weight is 387 g/mol. The van der Waals surface area contributed by atoms with E-state index < -0.39 is 11.9 Å². The van der Waals surface area contributed by atoms with Crippen LogP contribution in [0, 0.1) is 23.7 Å². The van der Waals surface area contributed by atoms with Gasteiger partial charge in [0, 0.05) is 10.6 Å². The lowest BCUT2D eigenvalue weighted by molar-refractivity contribution is -0.150. The molecule has 2 fully saturated rings. The summed E-state index contributed by atoms with van der Waals surface area (Å²) in [5.74, 6) is 1.84. The highest BCUT2D eigenvalue weighted by molar-refractivity contribution is 7.07. The third-order valence-electron chi connectivity index (χ3n) is 6.11. The summed E-state index contributed by atoms with van der Waals surface area (Å²) in [4.78, 5) is 23.4. The quantitative estimate of drug-likeness (QED) is 0.537. The molecule has 0 saturated heterocycles. The van der Waals surface area contributed by atoms with Crippen LogP contribution in [0.4, 0.5) is 0 Å². The van der Waals surface area contributed by atoms with Crippen LogP contribution in [0.1, 0.15) is 60.3 Å². The van der Waals surface area contributed by atoms with Crippen molar-refractivity contribution < 1.29 is 14.3 Å². The van der Waals surface area contributed by atoms with Gasteiger partial charge in [-0.1, -0.05) is 27.7 Å². The van der Waals surface area contributed by atoms with Crippen molar-refractivity contribution in [1.29, 1.82) is 0 Å². The minimum Gasteiger partial charge on any atom is -0.386 e. The maximum atomic E-state index is 12.0. The number of cyclic esters (lactones) is 2. The highest BCUT2D eigenvalue weighted by Gasteiger charge is 2.37. The molecule has 2 saturated carbocycles. The van der Waals surface area contributed by atoms with Gasteiger partial charge in [-0.05, 0) is 84.1 Å². The van der Waals surface area contributed by atoms with Crippen molar-refractivity contribution in [3.05, 3.63) is 32.8 Å². The molecule has 4 unspecified atom stereocenters. The van der Waals surface area contributed by atoms with Gasteiger partial charge in [-0.25, -0.2) is 9.59 Å². The molecule has 0 amide bonds. The van der Waals surface area contributed by atoms with Gasteiger partial charge in [0.2, 0.25) is 0 Å². The molecule has 27 heavy (non-hydrogen) atoms. The van der Waals surface area contributed by atoms with E-state index in [2.05, 4.69) is 30.0 Å². The molecule has 2 bridgehead atoms. The summed E-state index contributed by atoms with van der Waals surface area (Å²) in [7, 11) is 0. The molecule has 2 heterocycles. The van der Waals surface area contributed by atoms with Crippen molar-refractivity contribution in [2.75, 3.05) is 0 Å². The Bertz CT molecular complexity index is 885. The zero-order valence-corrected chi connectivity index (χ0v) is 17.8. The van der Waals surface area contributed by atoms with Crippen LogP contribution in [0.25, 0.3) is 11.1 Å². The summed E-state index contributed by atoms with van der Waals surface area (Å²) in [5.41, 5.74) is 2.84. The minimum atomic E-state index is -0.557. The fraction of sp³-hybridized carbons (Fsp3) is 0.565. The molecular formula is C23H30O3S. The van der Waals surface area contributed by atoms with Crippen LogP contribution in [0.2, 0.25) is 0 Å². The molecule has 4 rings (SSSR count). The van der Waals surface area contributed by atoms with Gasteiger partial charge in [-0.15, -0.1) is 11.3 Å². The monoisotopic (exact) mass is 386 g/mol. The number of hydrogen-bond acceptors (Lipinski definition) is 4. The number of carbonyl (C=O) groups is 2. The number of hydrogen-bond donors (Lipinski definition) is 0. The van der Waals surface area contributed by atoms with Gasteiger partial charge in [0.1, 0.15) is 0 Å². The smallest absolute Gasteiger partial charge is 0.346 e. The Hall–Kier alpha value is -1.68. The van der Waals surface area contributed by atoms with Gasteiger partial charge < -0.3 is 4.74 Å². The summed E-state index contributed by atoms with van der Waals surface area (Å²) in [6, 6.07) is 2.09. The van der Waals surface area contributed by atoms with E-state index in [0.29, 0.717) is 17.4 Å². The molecular weight excluding hydrogens is 356 g/mol. The molecule has 146 valence electrons. The molecule has 4 heteroatoms. The highest BCUT2D eigenvalue weighted by atomic mass is 32.1. The zero-order chi connectivity index (χ0) is 19.7. The predicted octanol–water partition coefficient (Wildman–Crippen LogP) is 4.20. The fourth-order valence-electron chi connectivity index (χ4n) is 5.22. The summed E-state index contributed by atoms with van der Waals surface area (Å²) in [6.45, 7) is 10.7. The van der Waals surface area contributed by atoms with Crippen LogP contribution in [-0.4, -0.2) is 11.9 Å². The van der Waals surface area contributed by atoms with E-state index in [1.807, 2.05) is 20.8 Å². The largest absolute Gasteiger partial charge is 0.386 e. The topological polar surface area (TPSA) is 43.4 Å². The summed E-state index contributed by atoms with van der Waals surface area (Å²) < 4.78 is 6.00. The Balaban J connectivity index is 0.00000102. The number of esters is 2. The zero-order valence-electron chi connectivity index (χ0n) is 17.0. The summed E-state index contributed by atoms with van der Waals surface area (Å²) in [6.07, 6.45) is 6.55. The van der Waals surface area contributed by atoms with Crippen molar-refractivity contribution in [1.82, 2.24) is 0 Å². The van der Waals surface area contributed by atoms with Crippen molar-refractivity contribution in [3.63, 3.8) is 0 Å². The van der Waals surface area contributed by atoms with Crippen molar-refractivity contribution >= 4 is 34.4 Å². The highest BCUT2D eigenvalue weighted by Crippen LogP contribution is 2.48. The third-order valence-corrected chi connectivity index (χ3v) is 7.07. The average Bonchev–Trinajstić information content (AvgIpc) is 3.21. The van der Waals surface area contributed by atoms with E-state index in [9.17, 15) is 9.59 Å². The lowest BCUT2D eigenvalue weighted by atomic mass is 9.63. The van der Waals surface area contributed by atoms with Gasteiger partial charge in [0.05, 0.1) is 5.57 Å². The molecule has 4 atom stereocenters. The molecule has 0 aromatic carbocycles. The van der Waals surface area contributed by atoms with Crippen molar-refractivity contribution in [3.8, 4) is 0 Å². The van der Waals surface area contributed by atoms with Gasteiger partial charge in [-0.3, -0.25) is 0 Å². The second kappa shape index (κ2) is 8.14. The van der Waals surface area contributed by atoms with E-state index in [1.165, 1.54) is 36.3 Å². The van der Waals surface area contributed by atoms with Gasteiger partial charge in [0.25, 0.3) is 0 Å². The molecule has 1 aliphatic heterocycles. The van der Waals surface area contributed by atoms with E-state index in [-0.39, 0.29) is 0 Å². The predicted molar refractivity (Wildman–Crippen MR) is 110 cm³/mol. The first-order chi connectivity index (χ1) is 12.9. The Morgan fingerprint density at radius 1 is 1.11 bits per heavy atom. The first-order valence-electron chi connectivity index (χ1n) is 10.2.